The number of benzene rings is 2. The van der Waals surface area contributed by atoms with E-state index in [2.05, 4.69) is 26.7 Å². The summed E-state index contributed by atoms with van der Waals surface area (Å²) in [5.41, 5.74) is 3.63. The first kappa shape index (κ1) is 25.6. The standard InChI is InChI=1S/C28H25ClN6O2/c1-35(2)13-5-7-27(36)33-20-8-10-25-23(14-20)28(19(16-30)17-32-25)34-21-9-11-26(24(29)15-21)37-18-22-6-3-4-12-31-22/h3-12,14-15,17H,13,18H2,1-2H3,(H,32,34)(H,33,36). The predicted molar refractivity (Wildman–Crippen MR) is 146 cm³/mol. The van der Waals surface area contributed by atoms with Gasteiger partial charge in [0.15, 0.2) is 0 Å². The predicted octanol–water partition coefficient (Wildman–Crippen LogP) is 5.53. The minimum Gasteiger partial charge on any atom is -0.486 e. The molecule has 0 saturated heterocycles. The van der Waals surface area contributed by atoms with E-state index >= 15 is 0 Å². The van der Waals surface area contributed by atoms with Crippen molar-refractivity contribution >= 4 is 45.5 Å². The second kappa shape index (κ2) is 12.0. The van der Waals surface area contributed by atoms with E-state index in [0.29, 0.717) is 57.5 Å². The van der Waals surface area contributed by atoms with Gasteiger partial charge in [-0.2, -0.15) is 5.26 Å². The molecule has 0 atom stereocenters. The molecule has 0 spiro atoms. The lowest BCUT2D eigenvalue weighted by molar-refractivity contribution is -0.111. The van der Waals surface area contributed by atoms with Gasteiger partial charge in [-0.1, -0.05) is 23.7 Å². The number of hydrogen-bond acceptors (Lipinski definition) is 7. The van der Waals surface area contributed by atoms with Crippen LogP contribution in [0.5, 0.6) is 5.75 Å². The zero-order valence-corrected chi connectivity index (χ0v) is 21.2. The third kappa shape index (κ3) is 6.82. The van der Waals surface area contributed by atoms with E-state index in [0.717, 1.165) is 5.69 Å². The largest absolute Gasteiger partial charge is 0.486 e. The number of hydrogen-bond donors (Lipinski definition) is 2. The molecule has 186 valence electrons. The van der Waals surface area contributed by atoms with Gasteiger partial charge >= 0.3 is 0 Å². The molecule has 1 amide bonds. The molecule has 2 N–H and O–H groups in total. The van der Waals surface area contributed by atoms with Crippen molar-refractivity contribution in [1.82, 2.24) is 14.9 Å². The van der Waals surface area contributed by atoms with Gasteiger partial charge in [0.2, 0.25) is 5.91 Å². The van der Waals surface area contributed by atoms with Crippen LogP contribution in [0.2, 0.25) is 5.02 Å². The third-order valence-electron chi connectivity index (χ3n) is 5.30. The number of fused-ring (bicyclic) bond motifs is 1. The van der Waals surface area contributed by atoms with Crippen molar-refractivity contribution in [1.29, 1.82) is 5.26 Å². The Morgan fingerprint density at radius 3 is 2.70 bits per heavy atom. The molecule has 0 aliphatic rings. The summed E-state index contributed by atoms with van der Waals surface area (Å²) in [7, 11) is 3.85. The number of pyridine rings is 2. The molecule has 2 heterocycles. The number of rotatable bonds is 9. The van der Waals surface area contributed by atoms with Gasteiger partial charge < -0.3 is 20.3 Å². The molecule has 2 aromatic heterocycles. The molecule has 4 rings (SSSR count). The van der Waals surface area contributed by atoms with Crippen LogP contribution in [-0.2, 0) is 11.4 Å². The van der Waals surface area contributed by atoms with Gasteiger partial charge in [-0.15, -0.1) is 0 Å². The summed E-state index contributed by atoms with van der Waals surface area (Å²) in [6, 6.07) is 18.4. The van der Waals surface area contributed by atoms with E-state index < -0.39 is 0 Å². The first-order valence-corrected chi connectivity index (χ1v) is 11.8. The van der Waals surface area contributed by atoms with Gasteiger partial charge in [0.1, 0.15) is 18.4 Å². The van der Waals surface area contributed by atoms with Gasteiger partial charge in [-0.05, 0) is 62.6 Å². The zero-order chi connectivity index (χ0) is 26.2. The molecule has 8 nitrogen and oxygen atoms in total. The molecule has 9 heteroatoms. The van der Waals surface area contributed by atoms with E-state index in [9.17, 15) is 10.1 Å². The van der Waals surface area contributed by atoms with E-state index in [-0.39, 0.29) is 5.91 Å². The highest BCUT2D eigenvalue weighted by molar-refractivity contribution is 6.32. The number of carbonyl (C=O) groups excluding carboxylic acids is 1. The number of likely N-dealkylation sites (N-methyl/N-ethyl adjacent to an activating group) is 1. The van der Waals surface area contributed by atoms with Crippen molar-refractivity contribution in [2.24, 2.45) is 0 Å². The lowest BCUT2D eigenvalue weighted by Crippen LogP contribution is -2.12. The molecular weight excluding hydrogens is 488 g/mol. The van der Waals surface area contributed by atoms with Crippen molar-refractivity contribution in [2.75, 3.05) is 31.3 Å². The normalized spacial score (nSPS) is 11.0. The average Bonchev–Trinajstić information content (AvgIpc) is 2.89. The summed E-state index contributed by atoms with van der Waals surface area (Å²) < 4.78 is 5.80. The Morgan fingerprint density at radius 1 is 1.14 bits per heavy atom. The Hall–Kier alpha value is -4.45. The van der Waals surface area contributed by atoms with Crippen LogP contribution in [0.3, 0.4) is 0 Å². The number of nitriles is 1. The van der Waals surface area contributed by atoms with Gasteiger partial charge in [-0.25, -0.2) is 0 Å². The lowest BCUT2D eigenvalue weighted by atomic mass is 10.1. The van der Waals surface area contributed by atoms with Crippen LogP contribution in [0, 0.1) is 11.3 Å². The average molecular weight is 513 g/mol. The van der Waals surface area contributed by atoms with Crippen molar-refractivity contribution in [3.63, 3.8) is 0 Å². The summed E-state index contributed by atoms with van der Waals surface area (Å²) in [5, 5.41) is 17.0. The number of anilines is 3. The van der Waals surface area contributed by atoms with E-state index in [1.165, 1.54) is 12.3 Å². The summed E-state index contributed by atoms with van der Waals surface area (Å²) in [6.07, 6.45) is 6.50. The molecule has 2 aromatic carbocycles. The minimum absolute atomic E-state index is 0.242. The topological polar surface area (TPSA) is 103 Å². The summed E-state index contributed by atoms with van der Waals surface area (Å²) >= 11 is 6.48. The second-order valence-corrected chi connectivity index (χ2v) is 8.83. The second-order valence-electron chi connectivity index (χ2n) is 8.42. The monoisotopic (exact) mass is 512 g/mol. The van der Waals surface area contributed by atoms with E-state index in [4.69, 9.17) is 16.3 Å². The highest BCUT2D eigenvalue weighted by Crippen LogP contribution is 2.34. The molecule has 0 aliphatic heterocycles. The molecule has 0 bridgehead atoms. The summed E-state index contributed by atoms with van der Waals surface area (Å²) in [6.45, 7) is 0.948. The highest BCUT2D eigenvalue weighted by atomic mass is 35.5. The van der Waals surface area contributed by atoms with E-state index in [1.807, 2.05) is 43.3 Å². The maximum atomic E-state index is 12.3. The van der Waals surface area contributed by atoms with Crippen LogP contribution in [0.1, 0.15) is 11.3 Å². The minimum atomic E-state index is -0.242. The fourth-order valence-electron chi connectivity index (χ4n) is 3.52. The zero-order valence-electron chi connectivity index (χ0n) is 20.4. The van der Waals surface area contributed by atoms with Crippen LogP contribution in [0.25, 0.3) is 10.9 Å². The van der Waals surface area contributed by atoms with Gasteiger partial charge in [0.25, 0.3) is 0 Å². The number of ether oxygens (including phenoxy) is 1. The Balaban J connectivity index is 1.56. The molecule has 0 radical (unpaired) electrons. The van der Waals surface area contributed by atoms with Crippen LogP contribution < -0.4 is 15.4 Å². The molecular formula is C28H25ClN6O2. The number of nitrogens with one attached hydrogen (secondary N) is 2. The Labute approximate surface area is 220 Å². The maximum Gasteiger partial charge on any atom is 0.248 e. The molecule has 0 aliphatic carbocycles. The smallest absolute Gasteiger partial charge is 0.248 e. The summed E-state index contributed by atoms with van der Waals surface area (Å²) in [4.78, 5) is 22.9. The van der Waals surface area contributed by atoms with Crippen molar-refractivity contribution in [2.45, 2.75) is 6.61 Å². The fourth-order valence-corrected chi connectivity index (χ4v) is 3.75. The van der Waals surface area contributed by atoms with Crippen LogP contribution >= 0.6 is 11.6 Å². The summed E-state index contributed by atoms with van der Waals surface area (Å²) in [5.74, 6) is 0.276. The van der Waals surface area contributed by atoms with Crippen molar-refractivity contribution in [3.8, 4) is 11.8 Å². The Kier molecular flexibility index (Phi) is 8.31. The Morgan fingerprint density at radius 2 is 1.97 bits per heavy atom. The van der Waals surface area contributed by atoms with Crippen molar-refractivity contribution in [3.05, 3.63) is 95.4 Å². The lowest BCUT2D eigenvalue weighted by Gasteiger charge is -2.14. The first-order chi connectivity index (χ1) is 17.9. The van der Waals surface area contributed by atoms with Gasteiger partial charge in [0, 0.05) is 41.8 Å². The van der Waals surface area contributed by atoms with Crippen LogP contribution in [-0.4, -0.2) is 41.4 Å². The fraction of sp³-hybridized carbons (Fsp3) is 0.143. The Bertz CT molecular complexity index is 1480. The first-order valence-electron chi connectivity index (χ1n) is 11.5. The number of amides is 1. The molecule has 37 heavy (non-hydrogen) atoms. The highest BCUT2D eigenvalue weighted by Gasteiger charge is 2.12. The van der Waals surface area contributed by atoms with Gasteiger partial charge in [0.05, 0.1) is 27.5 Å². The van der Waals surface area contributed by atoms with Crippen LogP contribution in [0.15, 0.2) is 79.1 Å². The molecule has 0 saturated carbocycles. The maximum absolute atomic E-state index is 12.3. The number of nitrogens with zero attached hydrogens (tertiary/aromatic N) is 4. The molecule has 0 unspecified atom stereocenters. The molecule has 4 aromatic rings. The van der Waals surface area contributed by atoms with Crippen LogP contribution in [0.4, 0.5) is 17.1 Å². The SMILES string of the molecule is CN(C)CC=CC(=O)Nc1ccc2ncc(C#N)c(Nc3ccc(OCc4ccccn4)c(Cl)c3)c2c1. The number of carbonyl (C=O) groups is 1. The molecule has 0 fully saturated rings. The quantitative estimate of drug-likeness (QED) is 0.284. The van der Waals surface area contributed by atoms with Gasteiger partial charge in [-0.3, -0.25) is 14.8 Å². The number of aromatic nitrogens is 2. The number of halogens is 1. The van der Waals surface area contributed by atoms with Crippen molar-refractivity contribution < 1.29 is 9.53 Å². The van der Waals surface area contributed by atoms with E-state index in [1.54, 1.807) is 42.6 Å². The third-order valence-corrected chi connectivity index (χ3v) is 5.59.